The van der Waals surface area contributed by atoms with Gasteiger partial charge < -0.3 is 9.47 Å². The first-order valence-electron chi connectivity index (χ1n) is 11.1. The molecule has 1 aromatic heterocycles. The van der Waals surface area contributed by atoms with Gasteiger partial charge in [0.15, 0.2) is 5.82 Å². The van der Waals surface area contributed by atoms with Crippen molar-refractivity contribution in [3.05, 3.63) is 30.1 Å². The third-order valence-corrected chi connectivity index (χ3v) is 5.66. The van der Waals surface area contributed by atoms with Crippen molar-refractivity contribution < 1.29 is 19.1 Å². The van der Waals surface area contributed by atoms with Crippen molar-refractivity contribution >= 4 is 23.7 Å². The third-order valence-electron chi connectivity index (χ3n) is 4.48. The second kappa shape index (κ2) is 11.0. The van der Waals surface area contributed by atoms with E-state index in [0.717, 1.165) is 29.7 Å². The molecule has 0 N–H and O–H groups in total. The van der Waals surface area contributed by atoms with Gasteiger partial charge >= 0.3 is 11.9 Å². The molecular formula is C24H35N3O4S. The molecular weight excluding hydrogens is 426 g/mol. The molecule has 2 aromatic rings. The molecule has 2 rings (SSSR count). The third kappa shape index (κ3) is 7.36. The topological polar surface area (TPSA) is 83.3 Å². The van der Waals surface area contributed by atoms with Crippen molar-refractivity contribution in [3.8, 4) is 11.4 Å². The lowest BCUT2D eigenvalue weighted by Gasteiger charge is -2.28. The summed E-state index contributed by atoms with van der Waals surface area (Å²) in [6.07, 6.45) is 3.05. The molecule has 8 heteroatoms. The number of nitrogens with zero attached hydrogens (tertiary/aromatic N) is 3. The number of unbranched alkanes of at least 4 members (excludes halogenated alkanes) is 2. The number of carbonyl (C=O) groups is 2. The van der Waals surface area contributed by atoms with Gasteiger partial charge in [-0.05, 0) is 60.1 Å². The van der Waals surface area contributed by atoms with Crippen LogP contribution < -0.4 is 0 Å². The van der Waals surface area contributed by atoms with Crippen molar-refractivity contribution in [2.75, 3.05) is 6.61 Å². The number of thioether (sulfide) groups is 1. The highest BCUT2D eigenvalue weighted by atomic mass is 32.2. The first-order valence-corrected chi connectivity index (χ1v) is 11.9. The van der Waals surface area contributed by atoms with Crippen LogP contribution in [0.1, 0.15) is 78.3 Å². The fourth-order valence-corrected chi connectivity index (χ4v) is 3.87. The highest BCUT2D eigenvalue weighted by molar-refractivity contribution is 8.01. The number of hydrogen-bond donors (Lipinski definition) is 0. The summed E-state index contributed by atoms with van der Waals surface area (Å²) in [5.74, 6) is -0.0188. The smallest absolute Gasteiger partial charge is 0.376 e. The lowest BCUT2D eigenvalue weighted by atomic mass is 10.1. The Bertz CT molecular complexity index is 914. The predicted octanol–water partition coefficient (Wildman–Crippen LogP) is 5.52. The quantitative estimate of drug-likeness (QED) is 0.261. The van der Waals surface area contributed by atoms with E-state index in [1.807, 2.05) is 58.9 Å². The molecule has 0 spiro atoms. The molecule has 1 heterocycles. The van der Waals surface area contributed by atoms with Gasteiger partial charge in [0.2, 0.25) is 5.82 Å². The largest absolute Gasteiger partial charge is 0.460 e. The minimum atomic E-state index is -0.731. The molecule has 0 fully saturated rings. The minimum Gasteiger partial charge on any atom is -0.460 e. The Morgan fingerprint density at radius 1 is 1.03 bits per heavy atom. The van der Waals surface area contributed by atoms with Crippen LogP contribution in [0.3, 0.4) is 0 Å². The summed E-state index contributed by atoms with van der Waals surface area (Å²) in [5, 5.41) is 4.55. The predicted molar refractivity (Wildman–Crippen MR) is 127 cm³/mol. The zero-order valence-corrected chi connectivity index (χ0v) is 21.0. The normalized spacial score (nSPS) is 12.0. The lowest BCUT2D eigenvalue weighted by molar-refractivity contribution is -0.156. The first-order chi connectivity index (χ1) is 15.0. The molecule has 0 saturated carbocycles. The van der Waals surface area contributed by atoms with E-state index in [1.165, 1.54) is 11.8 Å². The second-order valence-corrected chi connectivity index (χ2v) is 10.7. The minimum absolute atomic E-state index is 0.225. The van der Waals surface area contributed by atoms with Crippen LogP contribution in [-0.4, -0.2) is 43.7 Å². The van der Waals surface area contributed by atoms with Gasteiger partial charge in [0, 0.05) is 17.0 Å². The summed E-state index contributed by atoms with van der Waals surface area (Å²) >= 11 is 1.44. The summed E-state index contributed by atoms with van der Waals surface area (Å²) < 4.78 is 11.6. The van der Waals surface area contributed by atoms with Crippen molar-refractivity contribution in [2.45, 2.75) is 89.5 Å². The van der Waals surface area contributed by atoms with E-state index in [1.54, 1.807) is 11.6 Å². The molecule has 0 atom stereocenters. The van der Waals surface area contributed by atoms with Gasteiger partial charge in [0.25, 0.3) is 0 Å². The summed E-state index contributed by atoms with van der Waals surface area (Å²) in [6, 6.07) is 7.64. The Kier molecular flexibility index (Phi) is 8.89. The molecule has 32 heavy (non-hydrogen) atoms. The van der Waals surface area contributed by atoms with Gasteiger partial charge in [-0.25, -0.2) is 14.5 Å². The maximum atomic E-state index is 12.5. The molecule has 0 radical (unpaired) electrons. The standard InChI is InChI=1S/C24H35N3O4S/c1-8-10-11-16-27-20(21(28)30-9-2)25-19(26-27)17-12-14-18(15-13-17)32-24(6,7)22(29)31-23(3,4)5/h12-15H,8-11,16H2,1-7H3. The van der Waals surface area contributed by atoms with Crippen LogP contribution in [0.5, 0.6) is 0 Å². The highest BCUT2D eigenvalue weighted by Gasteiger charge is 2.33. The van der Waals surface area contributed by atoms with Crippen molar-refractivity contribution in [1.29, 1.82) is 0 Å². The Morgan fingerprint density at radius 3 is 2.25 bits per heavy atom. The SMILES string of the molecule is CCCCCn1nc(-c2ccc(SC(C)(C)C(=O)OC(C)(C)C)cc2)nc1C(=O)OCC. The molecule has 0 unspecified atom stereocenters. The molecule has 0 aliphatic rings. The average Bonchev–Trinajstić information content (AvgIpc) is 3.12. The zero-order chi connectivity index (χ0) is 23.9. The van der Waals surface area contributed by atoms with Gasteiger partial charge in [-0.15, -0.1) is 11.8 Å². The van der Waals surface area contributed by atoms with Gasteiger partial charge in [0.05, 0.1) is 6.61 Å². The lowest BCUT2D eigenvalue weighted by Crippen LogP contribution is -2.36. The molecule has 1 aromatic carbocycles. The Balaban J connectivity index is 2.20. The molecule has 7 nitrogen and oxygen atoms in total. The monoisotopic (exact) mass is 461 g/mol. The summed E-state index contributed by atoms with van der Waals surface area (Å²) in [5.41, 5.74) is 0.265. The highest BCUT2D eigenvalue weighted by Crippen LogP contribution is 2.35. The van der Waals surface area contributed by atoms with E-state index in [0.29, 0.717) is 12.4 Å². The van der Waals surface area contributed by atoms with E-state index in [2.05, 4.69) is 17.0 Å². The zero-order valence-electron chi connectivity index (χ0n) is 20.2. The fourth-order valence-electron chi connectivity index (χ4n) is 2.89. The summed E-state index contributed by atoms with van der Waals surface area (Å²) in [7, 11) is 0. The Morgan fingerprint density at radius 2 is 1.69 bits per heavy atom. The number of ether oxygens (including phenoxy) is 2. The number of benzene rings is 1. The van der Waals surface area contributed by atoms with E-state index < -0.39 is 16.3 Å². The fraction of sp³-hybridized carbons (Fsp3) is 0.583. The summed E-state index contributed by atoms with van der Waals surface area (Å²) in [4.78, 5) is 30.2. The number of carbonyl (C=O) groups excluding carboxylic acids is 2. The van der Waals surface area contributed by atoms with Crippen LogP contribution in [0.25, 0.3) is 11.4 Å². The van der Waals surface area contributed by atoms with Crippen molar-refractivity contribution in [1.82, 2.24) is 14.8 Å². The second-order valence-electron chi connectivity index (χ2n) is 9.05. The van der Waals surface area contributed by atoms with Crippen LogP contribution in [0.4, 0.5) is 0 Å². The van der Waals surface area contributed by atoms with E-state index in [-0.39, 0.29) is 18.4 Å². The number of aryl methyl sites for hydroxylation is 1. The van der Waals surface area contributed by atoms with Crippen LogP contribution in [0.2, 0.25) is 0 Å². The molecule has 0 aliphatic carbocycles. The van der Waals surface area contributed by atoms with Crippen LogP contribution in [-0.2, 0) is 20.8 Å². The number of aromatic nitrogens is 3. The molecule has 0 saturated heterocycles. The molecule has 176 valence electrons. The van der Waals surface area contributed by atoms with E-state index >= 15 is 0 Å². The molecule has 0 bridgehead atoms. The van der Waals surface area contributed by atoms with E-state index in [4.69, 9.17) is 9.47 Å². The van der Waals surface area contributed by atoms with Crippen LogP contribution in [0.15, 0.2) is 29.2 Å². The van der Waals surface area contributed by atoms with Crippen LogP contribution in [0, 0.1) is 0 Å². The summed E-state index contributed by atoms with van der Waals surface area (Å²) in [6.45, 7) is 14.1. The number of esters is 2. The number of hydrogen-bond acceptors (Lipinski definition) is 7. The molecule has 0 amide bonds. The van der Waals surface area contributed by atoms with Crippen LogP contribution >= 0.6 is 11.8 Å². The van der Waals surface area contributed by atoms with Gasteiger partial charge in [-0.2, -0.15) is 5.10 Å². The first kappa shape index (κ1) is 25.9. The molecule has 0 aliphatic heterocycles. The maximum Gasteiger partial charge on any atom is 0.376 e. The Labute approximate surface area is 195 Å². The maximum absolute atomic E-state index is 12.5. The van der Waals surface area contributed by atoms with Gasteiger partial charge in [0.1, 0.15) is 10.3 Å². The van der Waals surface area contributed by atoms with E-state index in [9.17, 15) is 9.59 Å². The van der Waals surface area contributed by atoms with Gasteiger partial charge in [-0.3, -0.25) is 4.79 Å². The Hall–Kier alpha value is -2.35. The van der Waals surface area contributed by atoms with Crippen molar-refractivity contribution in [3.63, 3.8) is 0 Å². The van der Waals surface area contributed by atoms with Gasteiger partial charge in [-0.1, -0.05) is 31.9 Å². The average molecular weight is 462 g/mol. The van der Waals surface area contributed by atoms with Crippen molar-refractivity contribution in [2.24, 2.45) is 0 Å². The number of rotatable bonds is 10.